The minimum absolute atomic E-state index is 0.181. The highest BCUT2D eigenvalue weighted by Crippen LogP contribution is 2.59. The highest BCUT2D eigenvalue weighted by Gasteiger charge is 2.59. The Balaban J connectivity index is 0.000000574. The number of ether oxygens (including phenoxy) is 1. The van der Waals surface area contributed by atoms with Crippen molar-refractivity contribution in [1.82, 2.24) is 0 Å². The van der Waals surface area contributed by atoms with E-state index in [4.69, 9.17) is 9.84 Å². The van der Waals surface area contributed by atoms with Gasteiger partial charge in [-0.15, -0.1) is 0 Å². The van der Waals surface area contributed by atoms with Gasteiger partial charge < -0.3 is 9.84 Å². The van der Waals surface area contributed by atoms with Crippen LogP contribution >= 0.6 is 0 Å². The molecule has 0 aromatic heterocycles. The maximum Gasteiger partial charge on any atom is 0.307 e. The molecule has 1 aromatic rings. The largest absolute Gasteiger partial charge is 0.493 e. The Bertz CT molecular complexity index is 479. The van der Waals surface area contributed by atoms with Crippen molar-refractivity contribution >= 4 is 5.97 Å². The van der Waals surface area contributed by atoms with Crippen molar-refractivity contribution in [3.63, 3.8) is 0 Å². The number of fused-ring (bicyclic) bond motifs is 3. The van der Waals surface area contributed by atoms with E-state index in [1.165, 1.54) is 11.1 Å². The number of carbonyl (C=O) groups is 1. The SMILES string of the molecule is CC.Cc1cc2c(cc1C)C1C(CO2)C1C(=O)O. The summed E-state index contributed by atoms with van der Waals surface area (Å²) >= 11 is 0. The molecule has 1 aliphatic carbocycles. The van der Waals surface area contributed by atoms with Crippen LogP contribution in [0.25, 0.3) is 0 Å². The van der Waals surface area contributed by atoms with Crippen molar-refractivity contribution in [2.24, 2.45) is 11.8 Å². The molecule has 0 bridgehead atoms. The smallest absolute Gasteiger partial charge is 0.307 e. The quantitative estimate of drug-likeness (QED) is 0.830. The summed E-state index contributed by atoms with van der Waals surface area (Å²) in [5, 5.41) is 9.08. The third kappa shape index (κ3) is 1.88. The molecule has 0 saturated heterocycles. The normalized spacial score (nSPS) is 27.0. The molecular formula is C15H20O3. The van der Waals surface area contributed by atoms with Crippen molar-refractivity contribution in [3.8, 4) is 5.75 Å². The molecule has 3 rings (SSSR count). The van der Waals surface area contributed by atoms with Crippen LogP contribution < -0.4 is 4.74 Å². The first-order chi connectivity index (χ1) is 8.59. The maximum absolute atomic E-state index is 11.0. The lowest BCUT2D eigenvalue weighted by atomic mass is 9.99. The topological polar surface area (TPSA) is 46.5 Å². The zero-order valence-electron chi connectivity index (χ0n) is 11.4. The Labute approximate surface area is 108 Å². The van der Waals surface area contributed by atoms with Gasteiger partial charge in [0.05, 0.1) is 12.5 Å². The molecule has 98 valence electrons. The monoisotopic (exact) mass is 248 g/mol. The van der Waals surface area contributed by atoms with E-state index < -0.39 is 5.97 Å². The predicted molar refractivity (Wildman–Crippen MR) is 70.1 cm³/mol. The number of aliphatic carboxylic acids is 1. The van der Waals surface area contributed by atoms with Gasteiger partial charge in [-0.25, -0.2) is 0 Å². The van der Waals surface area contributed by atoms with Crippen LogP contribution in [0.1, 0.15) is 36.5 Å². The predicted octanol–water partition coefficient (Wildman–Crippen LogP) is 3.14. The molecule has 3 unspecified atom stereocenters. The molecule has 0 amide bonds. The summed E-state index contributed by atoms with van der Waals surface area (Å²) in [6, 6.07) is 4.11. The fraction of sp³-hybridized carbons (Fsp3) is 0.533. The molecule has 3 atom stereocenters. The third-order valence-electron chi connectivity index (χ3n) is 3.87. The average Bonchev–Trinajstić information content (AvgIpc) is 3.08. The molecule has 3 nitrogen and oxygen atoms in total. The first-order valence-corrected chi connectivity index (χ1v) is 6.56. The Hall–Kier alpha value is -1.51. The molecule has 3 heteroatoms. The second-order valence-corrected chi connectivity index (χ2v) is 4.84. The van der Waals surface area contributed by atoms with Gasteiger partial charge in [-0.1, -0.05) is 19.9 Å². The number of hydrogen-bond acceptors (Lipinski definition) is 2. The van der Waals surface area contributed by atoms with Crippen LogP contribution in [-0.2, 0) is 4.79 Å². The number of carboxylic acids is 1. The molecule has 1 saturated carbocycles. The summed E-state index contributed by atoms with van der Waals surface area (Å²) in [6.07, 6.45) is 0. The van der Waals surface area contributed by atoms with Crippen LogP contribution in [0.5, 0.6) is 5.75 Å². The van der Waals surface area contributed by atoms with Crippen LogP contribution in [0.4, 0.5) is 0 Å². The number of aryl methyl sites for hydroxylation is 2. The van der Waals surface area contributed by atoms with Gasteiger partial charge >= 0.3 is 5.97 Å². The summed E-state index contributed by atoms with van der Waals surface area (Å²) in [6.45, 7) is 8.65. The van der Waals surface area contributed by atoms with E-state index in [2.05, 4.69) is 13.0 Å². The molecule has 18 heavy (non-hydrogen) atoms. The molecule has 0 radical (unpaired) electrons. The zero-order valence-corrected chi connectivity index (χ0v) is 11.4. The summed E-state index contributed by atoms with van der Waals surface area (Å²) < 4.78 is 5.63. The van der Waals surface area contributed by atoms with Gasteiger partial charge in [0, 0.05) is 11.8 Å². The van der Waals surface area contributed by atoms with Gasteiger partial charge in [-0.3, -0.25) is 4.79 Å². The molecule has 1 aromatic carbocycles. The van der Waals surface area contributed by atoms with Gasteiger partial charge in [0.1, 0.15) is 5.75 Å². The molecule has 1 fully saturated rings. The first-order valence-electron chi connectivity index (χ1n) is 6.56. The van der Waals surface area contributed by atoms with Crippen molar-refractivity contribution in [2.75, 3.05) is 6.61 Å². The van der Waals surface area contributed by atoms with Gasteiger partial charge in [0.2, 0.25) is 0 Å². The summed E-state index contributed by atoms with van der Waals surface area (Å²) in [5.74, 6) is 0.328. The highest BCUT2D eigenvalue weighted by molar-refractivity contribution is 5.77. The van der Waals surface area contributed by atoms with Crippen molar-refractivity contribution in [1.29, 1.82) is 0 Å². The summed E-state index contributed by atoms with van der Waals surface area (Å²) in [7, 11) is 0. The summed E-state index contributed by atoms with van der Waals surface area (Å²) in [5.41, 5.74) is 3.50. The number of rotatable bonds is 1. The summed E-state index contributed by atoms with van der Waals surface area (Å²) in [4.78, 5) is 11.0. The third-order valence-corrected chi connectivity index (χ3v) is 3.87. The van der Waals surface area contributed by atoms with Gasteiger partial charge in [0.15, 0.2) is 0 Å². The van der Waals surface area contributed by atoms with Gasteiger partial charge in [-0.05, 0) is 36.6 Å². The first kappa shape index (κ1) is 12.9. The van der Waals surface area contributed by atoms with E-state index in [-0.39, 0.29) is 17.8 Å². The second kappa shape index (κ2) is 4.63. The van der Waals surface area contributed by atoms with Gasteiger partial charge in [0.25, 0.3) is 0 Å². The fourth-order valence-corrected chi connectivity index (χ4v) is 2.73. The van der Waals surface area contributed by atoms with E-state index >= 15 is 0 Å². The lowest BCUT2D eigenvalue weighted by Crippen LogP contribution is -2.09. The molecule has 0 spiro atoms. The van der Waals surface area contributed by atoms with Crippen LogP contribution in [0.2, 0.25) is 0 Å². The minimum atomic E-state index is -0.690. The van der Waals surface area contributed by atoms with E-state index in [9.17, 15) is 4.79 Å². The molecule has 1 heterocycles. The van der Waals surface area contributed by atoms with Crippen molar-refractivity contribution in [3.05, 3.63) is 28.8 Å². The van der Waals surface area contributed by atoms with E-state index in [0.29, 0.717) is 6.61 Å². The van der Waals surface area contributed by atoms with Crippen LogP contribution in [0.15, 0.2) is 12.1 Å². The molecule has 1 aliphatic heterocycles. The lowest BCUT2D eigenvalue weighted by molar-refractivity contribution is -0.139. The van der Waals surface area contributed by atoms with Crippen LogP contribution in [0.3, 0.4) is 0 Å². The molecule has 2 aliphatic rings. The fourth-order valence-electron chi connectivity index (χ4n) is 2.73. The van der Waals surface area contributed by atoms with E-state index in [0.717, 1.165) is 11.3 Å². The van der Waals surface area contributed by atoms with E-state index in [1.54, 1.807) is 0 Å². The average molecular weight is 248 g/mol. The van der Waals surface area contributed by atoms with Gasteiger partial charge in [-0.2, -0.15) is 0 Å². The van der Waals surface area contributed by atoms with Crippen molar-refractivity contribution < 1.29 is 14.6 Å². The highest BCUT2D eigenvalue weighted by atomic mass is 16.5. The Kier molecular flexibility index (Phi) is 3.33. The van der Waals surface area contributed by atoms with Crippen LogP contribution in [-0.4, -0.2) is 17.7 Å². The Morgan fingerprint density at radius 2 is 1.89 bits per heavy atom. The standard InChI is InChI=1S/C13H14O3.C2H6/c1-6-3-8-10(4-7(6)2)16-5-9-11(8)12(9)13(14)15;1-2/h3-4,9,11-12H,5H2,1-2H3,(H,14,15);1-2H3. The van der Waals surface area contributed by atoms with Crippen LogP contribution in [0, 0.1) is 25.7 Å². The van der Waals surface area contributed by atoms with Crippen molar-refractivity contribution in [2.45, 2.75) is 33.6 Å². The molecule has 1 N–H and O–H groups in total. The van der Waals surface area contributed by atoms with E-state index in [1.807, 2.05) is 26.8 Å². The maximum atomic E-state index is 11.0. The minimum Gasteiger partial charge on any atom is -0.493 e. The number of carboxylic acid groups (broad SMARTS) is 1. The lowest BCUT2D eigenvalue weighted by Gasteiger charge is -2.17. The Morgan fingerprint density at radius 1 is 1.28 bits per heavy atom. The molecular weight excluding hydrogens is 228 g/mol. The second-order valence-electron chi connectivity index (χ2n) is 4.84. The zero-order chi connectivity index (χ0) is 13.4. The number of hydrogen-bond donors (Lipinski definition) is 1. The number of benzene rings is 1. The Morgan fingerprint density at radius 3 is 2.50 bits per heavy atom.